The minimum Gasteiger partial charge on any atom is -0.464 e. The summed E-state index contributed by atoms with van der Waals surface area (Å²) >= 11 is 4.86. The first-order valence-corrected chi connectivity index (χ1v) is 6.37. The number of thiocarbonyl (C=S) groups is 1. The molecule has 2 N–H and O–H groups in total. The van der Waals surface area contributed by atoms with Crippen molar-refractivity contribution in [3.8, 4) is 0 Å². The normalized spacial score (nSPS) is 15.0. The lowest BCUT2D eigenvalue weighted by Crippen LogP contribution is -2.41. The molecule has 0 aromatic rings. The van der Waals surface area contributed by atoms with Gasteiger partial charge in [0.2, 0.25) is 0 Å². The highest BCUT2D eigenvalue weighted by atomic mass is 32.1. The number of hydrogen-bond acceptors (Lipinski definition) is 2. The Morgan fingerprint density at radius 2 is 1.93 bits per heavy atom. The van der Waals surface area contributed by atoms with E-state index in [4.69, 9.17) is 22.7 Å². The van der Waals surface area contributed by atoms with E-state index in [0.717, 1.165) is 12.8 Å². The number of rotatable bonds is 7. The van der Waals surface area contributed by atoms with Crippen molar-refractivity contribution < 1.29 is 4.74 Å². The number of unbranched alkanes of at least 4 members (excludes halogenated alkanes) is 2. The van der Waals surface area contributed by atoms with Crippen LogP contribution in [-0.2, 0) is 4.74 Å². The average molecular weight is 231 g/mol. The largest absolute Gasteiger partial charge is 0.464 e. The average Bonchev–Trinajstić information content (AvgIpc) is 2.15. The van der Waals surface area contributed by atoms with Gasteiger partial charge in [-0.05, 0) is 37.4 Å². The summed E-state index contributed by atoms with van der Waals surface area (Å²) < 4.78 is 5.70. The Bertz CT molecular complexity index is 194. The van der Waals surface area contributed by atoms with Crippen molar-refractivity contribution in [3.63, 3.8) is 0 Å². The van der Waals surface area contributed by atoms with Crippen LogP contribution in [0.1, 0.15) is 59.8 Å². The Hall–Kier alpha value is -0.310. The van der Waals surface area contributed by atoms with E-state index in [0.29, 0.717) is 5.92 Å². The van der Waals surface area contributed by atoms with Crippen LogP contribution in [0.25, 0.3) is 0 Å². The van der Waals surface area contributed by atoms with Crippen LogP contribution in [0.15, 0.2) is 0 Å². The molecule has 0 saturated carbocycles. The van der Waals surface area contributed by atoms with Crippen molar-refractivity contribution in [2.45, 2.75) is 65.4 Å². The molecule has 90 valence electrons. The Balaban J connectivity index is 4.43. The standard InChI is InChI=1S/C12H25NOS/c1-5-7-8-9-12(6-2,10(3)4)14-11(13)15/h10H,5-9H2,1-4H3,(H2,13,15). The zero-order chi connectivity index (χ0) is 11.9. The molecule has 0 heterocycles. The Morgan fingerprint density at radius 3 is 2.27 bits per heavy atom. The van der Waals surface area contributed by atoms with E-state index >= 15 is 0 Å². The summed E-state index contributed by atoms with van der Waals surface area (Å²) in [4.78, 5) is 0. The molecule has 0 saturated heterocycles. The highest BCUT2D eigenvalue weighted by Crippen LogP contribution is 2.31. The summed E-state index contributed by atoms with van der Waals surface area (Å²) in [5, 5.41) is 0.182. The molecule has 0 aromatic carbocycles. The third-order valence-corrected chi connectivity index (χ3v) is 3.24. The van der Waals surface area contributed by atoms with Gasteiger partial charge in [0, 0.05) is 0 Å². The zero-order valence-corrected chi connectivity index (χ0v) is 11.3. The maximum absolute atomic E-state index is 5.70. The quantitative estimate of drug-likeness (QED) is 0.537. The van der Waals surface area contributed by atoms with Gasteiger partial charge in [-0.25, -0.2) is 0 Å². The van der Waals surface area contributed by atoms with Gasteiger partial charge >= 0.3 is 0 Å². The van der Waals surface area contributed by atoms with E-state index in [1.165, 1.54) is 19.3 Å². The van der Waals surface area contributed by atoms with Gasteiger partial charge in [0.1, 0.15) is 5.60 Å². The number of nitrogens with two attached hydrogens (primary N) is 1. The van der Waals surface area contributed by atoms with Crippen LogP contribution in [0.4, 0.5) is 0 Å². The van der Waals surface area contributed by atoms with E-state index in [1.807, 2.05) is 0 Å². The summed E-state index contributed by atoms with van der Waals surface area (Å²) in [6.07, 6.45) is 5.67. The first kappa shape index (κ1) is 14.7. The first-order chi connectivity index (χ1) is 6.98. The highest BCUT2D eigenvalue weighted by Gasteiger charge is 2.33. The first-order valence-electron chi connectivity index (χ1n) is 5.97. The summed E-state index contributed by atoms with van der Waals surface area (Å²) in [6.45, 7) is 8.70. The van der Waals surface area contributed by atoms with Crippen LogP contribution in [0, 0.1) is 5.92 Å². The monoisotopic (exact) mass is 231 g/mol. The summed E-state index contributed by atoms with van der Waals surface area (Å²) in [5.74, 6) is 0.445. The van der Waals surface area contributed by atoms with Crippen LogP contribution >= 0.6 is 12.2 Å². The predicted octanol–water partition coefficient (Wildman–Crippen LogP) is 3.63. The van der Waals surface area contributed by atoms with Crippen molar-refractivity contribution in [1.82, 2.24) is 0 Å². The lowest BCUT2D eigenvalue weighted by atomic mass is 9.83. The van der Waals surface area contributed by atoms with Crippen LogP contribution < -0.4 is 5.73 Å². The molecule has 3 heteroatoms. The Labute approximate surface area is 99.6 Å². The maximum atomic E-state index is 5.70. The van der Waals surface area contributed by atoms with Crippen LogP contribution in [0.5, 0.6) is 0 Å². The van der Waals surface area contributed by atoms with Gasteiger partial charge in [-0.2, -0.15) is 0 Å². The topological polar surface area (TPSA) is 35.2 Å². The fraction of sp³-hybridized carbons (Fsp3) is 0.917. The smallest absolute Gasteiger partial charge is 0.254 e. The van der Waals surface area contributed by atoms with Gasteiger partial charge < -0.3 is 10.5 Å². The lowest BCUT2D eigenvalue weighted by molar-refractivity contribution is -0.00280. The van der Waals surface area contributed by atoms with Gasteiger partial charge in [0.15, 0.2) is 0 Å². The van der Waals surface area contributed by atoms with E-state index in [-0.39, 0.29) is 10.8 Å². The second-order valence-electron chi connectivity index (χ2n) is 4.45. The van der Waals surface area contributed by atoms with Crippen LogP contribution in [0.2, 0.25) is 0 Å². The molecule has 1 unspecified atom stereocenters. The van der Waals surface area contributed by atoms with Crippen molar-refractivity contribution >= 4 is 17.4 Å². The van der Waals surface area contributed by atoms with Gasteiger partial charge in [-0.1, -0.05) is 40.5 Å². The molecule has 0 aromatic heterocycles. The Kier molecular flexibility index (Phi) is 6.90. The molecule has 0 radical (unpaired) electrons. The van der Waals surface area contributed by atoms with E-state index in [1.54, 1.807) is 0 Å². The summed E-state index contributed by atoms with van der Waals surface area (Å²) in [6, 6.07) is 0. The van der Waals surface area contributed by atoms with Crippen LogP contribution in [0.3, 0.4) is 0 Å². The van der Waals surface area contributed by atoms with Gasteiger partial charge in [-0.3, -0.25) is 0 Å². The molecule has 0 fully saturated rings. The van der Waals surface area contributed by atoms with E-state index in [2.05, 4.69) is 27.7 Å². The maximum Gasteiger partial charge on any atom is 0.254 e. The molecular weight excluding hydrogens is 206 g/mol. The fourth-order valence-corrected chi connectivity index (χ4v) is 2.16. The molecule has 0 bridgehead atoms. The molecule has 0 amide bonds. The number of ether oxygens (including phenoxy) is 1. The zero-order valence-electron chi connectivity index (χ0n) is 10.5. The third-order valence-electron chi connectivity index (χ3n) is 3.16. The van der Waals surface area contributed by atoms with Crippen LogP contribution in [-0.4, -0.2) is 10.8 Å². The number of hydrogen-bond donors (Lipinski definition) is 1. The molecule has 15 heavy (non-hydrogen) atoms. The highest BCUT2D eigenvalue weighted by molar-refractivity contribution is 7.80. The van der Waals surface area contributed by atoms with Crippen molar-refractivity contribution in [3.05, 3.63) is 0 Å². The Morgan fingerprint density at radius 1 is 1.33 bits per heavy atom. The van der Waals surface area contributed by atoms with Crippen molar-refractivity contribution in [2.75, 3.05) is 0 Å². The van der Waals surface area contributed by atoms with Crippen molar-refractivity contribution in [1.29, 1.82) is 0 Å². The van der Waals surface area contributed by atoms with E-state index < -0.39 is 0 Å². The summed E-state index contributed by atoms with van der Waals surface area (Å²) in [5.41, 5.74) is 5.35. The molecule has 0 aliphatic heterocycles. The third kappa shape index (κ3) is 4.83. The molecular formula is C12H25NOS. The molecule has 0 rings (SSSR count). The second kappa shape index (κ2) is 7.04. The minimum atomic E-state index is -0.152. The second-order valence-corrected chi connectivity index (χ2v) is 4.85. The predicted molar refractivity (Wildman–Crippen MR) is 69.9 cm³/mol. The SMILES string of the molecule is CCCCCC(CC)(OC(N)=S)C(C)C. The molecule has 0 aliphatic rings. The molecule has 0 spiro atoms. The fourth-order valence-electron chi connectivity index (χ4n) is 1.99. The molecule has 1 atom stereocenters. The van der Waals surface area contributed by atoms with Crippen molar-refractivity contribution in [2.24, 2.45) is 11.7 Å². The van der Waals surface area contributed by atoms with Gasteiger partial charge in [0.05, 0.1) is 0 Å². The lowest BCUT2D eigenvalue weighted by Gasteiger charge is -2.36. The van der Waals surface area contributed by atoms with E-state index in [9.17, 15) is 0 Å². The van der Waals surface area contributed by atoms with Gasteiger partial charge in [0.25, 0.3) is 5.17 Å². The van der Waals surface area contributed by atoms with Gasteiger partial charge in [-0.15, -0.1) is 0 Å². The minimum absolute atomic E-state index is 0.152. The summed E-state index contributed by atoms with van der Waals surface area (Å²) in [7, 11) is 0. The molecule has 2 nitrogen and oxygen atoms in total. The molecule has 0 aliphatic carbocycles.